The standard InChI is InChI=1S/C6H9N.ClH/c1-6-3-4-7(2)5-6;/h3-5H,1-2H3;1H. The van der Waals surface area contributed by atoms with Crippen molar-refractivity contribution in [1.82, 2.24) is 4.57 Å². The van der Waals surface area contributed by atoms with Crippen LogP contribution in [0.3, 0.4) is 0 Å². The number of hydrogen-bond acceptors (Lipinski definition) is 0. The zero-order valence-corrected chi connectivity index (χ0v) is 5.90. The molecule has 8 heavy (non-hydrogen) atoms. The van der Waals surface area contributed by atoms with Crippen molar-refractivity contribution in [3.05, 3.63) is 24.0 Å². The van der Waals surface area contributed by atoms with Crippen LogP contribution in [0, 0.1) is 6.92 Å². The lowest BCUT2D eigenvalue weighted by Crippen LogP contribution is -1.76. The molecule has 0 aliphatic carbocycles. The number of aromatic nitrogens is 1. The quantitative estimate of drug-likeness (QED) is 0.506. The topological polar surface area (TPSA) is 4.93 Å². The van der Waals surface area contributed by atoms with Crippen LogP contribution in [0.5, 0.6) is 0 Å². The third-order valence-electron chi connectivity index (χ3n) is 0.980. The molecule has 0 N–H and O–H groups in total. The van der Waals surface area contributed by atoms with E-state index in [4.69, 9.17) is 0 Å². The van der Waals surface area contributed by atoms with E-state index in [0.29, 0.717) is 0 Å². The van der Waals surface area contributed by atoms with Crippen molar-refractivity contribution in [3.8, 4) is 0 Å². The molecule has 2 heteroatoms. The van der Waals surface area contributed by atoms with Gasteiger partial charge in [0.2, 0.25) is 0 Å². The van der Waals surface area contributed by atoms with E-state index in [2.05, 4.69) is 19.2 Å². The molecular formula is C6H10ClN. The minimum absolute atomic E-state index is 0. The van der Waals surface area contributed by atoms with Gasteiger partial charge in [0, 0.05) is 19.4 Å². The molecule has 46 valence electrons. The molecule has 0 aromatic carbocycles. The lowest BCUT2D eigenvalue weighted by atomic mass is 10.4. The fourth-order valence-corrected chi connectivity index (χ4v) is 0.642. The molecule has 0 radical (unpaired) electrons. The minimum atomic E-state index is 0. The van der Waals surface area contributed by atoms with Gasteiger partial charge in [-0.1, -0.05) is 0 Å². The van der Waals surface area contributed by atoms with E-state index in [1.807, 2.05) is 17.8 Å². The van der Waals surface area contributed by atoms with Crippen LogP contribution < -0.4 is 0 Å². The van der Waals surface area contributed by atoms with Crippen LogP contribution >= 0.6 is 12.4 Å². The molecule has 0 amide bonds. The zero-order valence-electron chi connectivity index (χ0n) is 5.09. The Morgan fingerprint density at radius 1 is 1.50 bits per heavy atom. The molecular weight excluding hydrogens is 122 g/mol. The Morgan fingerprint density at radius 3 is 2.25 bits per heavy atom. The summed E-state index contributed by atoms with van der Waals surface area (Å²) in [5.74, 6) is 0. The van der Waals surface area contributed by atoms with Gasteiger partial charge < -0.3 is 4.57 Å². The summed E-state index contributed by atoms with van der Waals surface area (Å²) in [5, 5.41) is 0. The second kappa shape index (κ2) is 2.78. The molecule has 1 aromatic heterocycles. The van der Waals surface area contributed by atoms with Crippen molar-refractivity contribution >= 4 is 12.4 Å². The summed E-state index contributed by atoms with van der Waals surface area (Å²) in [6.45, 7) is 2.08. The van der Waals surface area contributed by atoms with Crippen LogP contribution in [0.15, 0.2) is 18.5 Å². The summed E-state index contributed by atoms with van der Waals surface area (Å²) < 4.78 is 2.04. The largest absolute Gasteiger partial charge is 0.357 e. The zero-order chi connectivity index (χ0) is 5.28. The number of hydrogen-bond donors (Lipinski definition) is 0. The highest BCUT2D eigenvalue weighted by Gasteiger charge is 1.80. The van der Waals surface area contributed by atoms with E-state index < -0.39 is 0 Å². The summed E-state index contributed by atoms with van der Waals surface area (Å²) in [6, 6.07) is 2.08. The van der Waals surface area contributed by atoms with Crippen molar-refractivity contribution in [2.45, 2.75) is 6.92 Å². The van der Waals surface area contributed by atoms with Crippen LogP contribution in [0.4, 0.5) is 0 Å². The first-order valence-corrected chi connectivity index (χ1v) is 2.37. The van der Waals surface area contributed by atoms with E-state index in [-0.39, 0.29) is 12.4 Å². The molecule has 0 bridgehead atoms. The molecule has 0 atom stereocenters. The first-order valence-electron chi connectivity index (χ1n) is 2.37. The third-order valence-corrected chi connectivity index (χ3v) is 0.980. The second-order valence-corrected chi connectivity index (χ2v) is 1.85. The van der Waals surface area contributed by atoms with Gasteiger partial charge in [0.05, 0.1) is 0 Å². The number of rotatable bonds is 0. The highest BCUT2D eigenvalue weighted by Crippen LogP contribution is 1.93. The van der Waals surface area contributed by atoms with Gasteiger partial charge in [-0.2, -0.15) is 0 Å². The normalized spacial score (nSPS) is 8.25. The third kappa shape index (κ3) is 1.58. The predicted molar refractivity (Wildman–Crippen MR) is 37.4 cm³/mol. The molecule has 0 unspecified atom stereocenters. The molecule has 0 aliphatic rings. The second-order valence-electron chi connectivity index (χ2n) is 1.85. The Labute approximate surface area is 55.7 Å². The van der Waals surface area contributed by atoms with Gasteiger partial charge in [-0.05, 0) is 18.6 Å². The van der Waals surface area contributed by atoms with E-state index >= 15 is 0 Å². The van der Waals surface area contributed by atoms with E-state index in [9.17, 15) is 0 Å². The summed E-state index contributed by atoms with van der Waals surface area (Å²) in [7, 11) is 2.02. The van der Waals surface area contributed by atoms with E-state index in [0.717, 1.165) is 0 Å². The molecule has 1 rings (SSSR count). The average Bonchev–Trinajstić information content (AvgIpc) is 1.87. The van der Waals surface area contributed by atoms with E-state index in [1.165, 1.54) is 5.56 Å². The Balaban J connectivity index is 0.000000490. The molecule has 1 nitrogen and oxygen atoms in total. The summed E-state index contributed by atoms with van der Waals surface area (Å²) in [5.41, 5.74) is 1.32. The smallest absolute Gasteiger partial charge is 0.0106 e. The Kier molecular flexibility index (Phi) is 2.63. The molecule has 0 saturated carbocycles. The maximum absolute atomic E-state index is 2.08. The molecule has 0 saturated heterocycles. The lowest BCUT2D eigenvalue weighted by Gasteiger charge is -1.80. The summed E-state index contributed by atoms with van der Waals surface area (Å²) in [4.78, 5) is 0. The van der Waals surface area contributed by atoms with Gasteiger partial charge in [-0.3, -0.25) is 0 Å². The number of halogens is 1. The van der Waals surface area contributed by atoms with E-state index in [1.54, 1.807) is 0 Å². The Morgan fingerprint density at radius 2 is 2.12 bits per heavy atom. The van der Waals surface area contributed by atoms with Crippen LogP contribution in [0.25, 0.3) is 0 Å². The van der Waals surface area contributed by atoms with Gasteiger partial charge >= 0.3 is 0 Å². The highest BCUT2D eigenvalue weighted by atomic mass is 35.5. The summed E-state index contributed by atoms with van der Waals surface area (Å²) in [6.07, 6.45) is 4.12. The van der Waals surface area contributed by atoms with Crippen molar-refractivity contribution in [3.63, 3.8) is 0 Å². The van der Waals surface area contributed by atoms with Gasteiger partial charge in [0.15, 0.2) is 0 Å². The molecule has 1 aromatic rings. The van der Waals surface area contributed by atoms with Crippen LogP contribution in [-0.4, -0.2) is 4.57 Å². The van der Waals surface area contributed by atoms with Crippen molar-refractivity contribution < 1.29 is 0 Å². The number of aryl methyl sites for hydroxylation is 2. The van der Waals surface area contributed by atoms with Crippen LogP contribution in [0.1, 0.15) is 5.56 Å². The van der Waals surface area contributed by atoms with Crippen molar-refractivity contribution in [2.75, 3.05) is 0 Å². The minimum Gasteiger partial charge on any atom is -0.357 e. The predicted octanol–water partition coefficient (Wildman–Crippen LogP) is 1.76. The lowest BCUT2D eigenvalue weighted by molar-refractivity contribution is 0.925. The molecule has 1 heterocycles. The average molecular weight is 132 g/mol. The first-order chi connectivity index (χ1) is 3.29. The van der Waals surface area contributed by atoms with Gasteiger partial charge in [-0.15, -0.1) is 12.4 Å². The fourth-order valence-electron chi connectivity index (χ4n) is 0.642. The SMILES string of the molecule is Cc1ccn(C)c1.Cl. The van der Waals surface area contributed by atoms with Gasteiger partial charge in [-0.25, -0.2) is 0 Å². The van der Waals surface area contributed by atoms with Crippen molar-refractivity contribution in [1.29, 1.82) is 0 Å². The molecule has 0 fully saturated rings. The van der Waals surface area contributed by atoms with Crippen LogP contribution in [-0.2, 0) is 7.05 Å². The van der Waals surface area contributed by atoms with Crippen molar-refractivity contribution in [2.24, 2.45) is 7.05 Å². The Hall–Kier alpha value is -0.430. The summed E-state index contributed by atoms with van der Waals surface area (Å²) >= 11 is 0. The van der Waals surface area contributed by atoms with Gasteiger partial charge in [0.1, 0.15) is 0 Å². The maximum atomic E-state index is 2.08. The molecule has 0 aliphatic heterocycles. The fraction of sp³-hybridized carbons (Fsp3) is 0.333. The Bertz CT molecular complexity index is 141. The highest BCUT2D eigenvalue weighted by molar-refractivity contribution is 5.85. The number of nitrogens with zero attached hydrogens (tertiary/aromatic N) is 1. The maximum Gasteiger partial charge on any atom is 0.0106 e. The monoisotopic (exact) mass is 131 g/mol. The van der Waals surface area contributed by atoms with Gasteiger partial charge in [0.25, 0.3) is 0 Å². The van der Waals surface area contributed by atoms with Crippen LogP contribution in [0.2, 0.25) is 0 Å². The first kappa shape index (κ1) is 7.57. The molecule has 0 spiro atoms.